The summed E-state index contributed by atoms with van der Waals surface area (Å²) < 4.78 is 63.2. The van der Waals surface area contributed by atoms with Crippen molar-refractivity contribution in [1.29, 1.82) is 0 Å². The van der Waals surface area contributed by atoms with Gasteiger partial charge in [-0.25, -0.2) is 9.78 Å². The molecule has 0 aromatic heterocycles. The topological polar surface area (TPSA) is 89.5 Å². The molecule has 4 aliphatic heterocycles. The molecule has 0 radical (unpaired) electrons. The molecule has 5 rings (SSSR count). The predicted octanol–water partition coefficient (Wildman–Crippen LogP) is 3.40. The first-order chi connectivity index (χ1) is 15.0. The number of carbonyl (C=O) groups excluding carboxylic acids is 2. The van der Waals surface area contributed by atoms with Gasteiger partial charge in [0.2, 0.25) is 17.8 Å². The molecular formula is C21H27F3O8. The van der Waals surface area contributed by atoms with E-state index in [1.165, 1.54) is 0 Å². The van der Waals surface area contributed by atoms with Crippen LogP contribution in [0, 0.1) is 23.7 Å². The van der Waals surface area contributed by atoms with Crippen molar-refractivity contribution >= 4 is 11.9 Å². The molecule has 6 atom stereocenters. The van der Waals surface area contributed by atoms with Gasteiger partial charge >= 0.3 is 18.1 Å². The summed E-state index contributed by atoms with van der Waals surface area (Å²) in [5.41, 5.74) is -1.56. The molecule has 8 nitrogen and oxygen atoms in total. The number of allylic oxidation sites excluding steroid dienone is 1. The van der Waals surface area contributed by atoms with Gasteiger partial charge in [0.25, 0.3) is 0 Å². The van der Waals surface area contributed by atoms with E-state index in [0.29, 0.717) is 25.7 Å². The molecule has 1 spiro atoms. The second-order valence-electron chi connectivity index (χ2n) is 9.13. The van der Waals surface area contributed by atoms with Crippen LogP contribution in [0.25, 0.3) is 0 Å². The molecule has 3 saturated heterocycles. The fourth-order valence-corrected chi connectivity index (χ4v) is 5.74. The lowest BCUT2D eigenvalue weighted by Crippen LogP contribution is -2.67. The van der Waals surface area contributed by atoms with Crippen molar-refractivity contribution in [1.82, 2.24) is 0 Å². The highest BCUT2D eigenvalue weighted by atomic mass is 19.4. The first kappa shape index (κ1) is 23.3. The Labute approximate surface area is 183 Å². The van der Waals surface area contributed by atoms with Gasteiger partial charge in [0.05, 0.1) is 14.2 Å². The summed E-state index contributed by atoms with van der Waals surface area (Å²) in [6.45, 7) is 3.63. The fourth-order valence-electron chi connectivity index (χ4n) is 5.74. The number of esters is 2. The molecule has 0 amide bonds. The third-order valence-electron chi connectivity index (χ3n) is 7.31. The summed E-state index contributed by atoms with van der Waals surface area (Å²) in [7, 11) is 2.11. The lowest BCUT2D eigenvalue weighted by Gasteiger charge is -2.57. The summed E-state index contributed by atoms with van der Waals surface area (Å²) in [6.07, 6.45) is -4.78. The summed E-state index contributed by atoms with van der Waals surface area (Å²) in [6, 6.07) is 0. The zero-order valence-corrected chi connectivity index (χ0v) is 18.3. The quantitative estimate of drug-likeness (QED) is 0.355. The van der Waals surface area contributed by atoms with Crippen LogP contribution in [0.15, 0.2) is 11.3 Å². The zero-order chi connectivity index (χ0) is 23.5. The van der Waals surface area contributed by atoms with Crippen molar-refractivity contribution in [2.75, 3.05) is 14.2 Å². The fraction of sp³-hybridized carbons (Fsp3) is 0.810. The van der Waals surface area contributed by atoms with E-state index >= 15 is 0 Å². The van der Waals surface area contributed by atoms with Crippen molar-refractivity contribution in [2.45, 2.75) is 69.8 Å². The van der Waals surface area contributed by atoms with Crippen LogP contribution < -0.4 is 0 Å². The molecule has 1 aliphatic carbocycles. The van der Waals surface area contributed by atoms with Crippen LogP contribution in [0.3, 0.4) is 0 Å². The van der Waals surface area contributed by atoms with Crippen molar-refractivity contribution in [3.63, 3.8) is 0 Å². The maximum atomic E-state index is 14.2. The Bertz CT molecular complexity index is 810. The molecule has 4 heterocycles. The number of fused-ring (bicyclic) bond motifs is 2. The molecule has 0 unspecified atom stereocenters. The maximum absolute atomic E-state index is 14.2. The number of hydrogen-bond donors (Lipinski definition) is 0. The Morgan fingerprint density at radius 1 is 1.12 bits per heavy atom. The summed E-state index contributed by atoms with van der Waals surface area (Å²) >= 11 is 0. The van der Waals surface area contributed by atoms with Gasteiger partial charge in [-0.05, 0) is 44.1 Å². The van der Waals surface area contributed by atoms with Gasteiger partial charge in [0.15, 0.2) is 11.5 Å². The molecule has 11 heteroatoms. The number of halogens is 3. The first-order valence-electron chi connectivity index (χ1n) is 10.6. The SMILES string of the molecule is COC(=O)C(CC1=C(C(F)(F)F)O[C@@H]2O[C@]3(C)CC[C@H]4[C@H](C)CC[C@@H]1[C@@]24OO3)C(=O)OC. The Morgan fingerprint density at radius 3 is 2.38 bits per heavy atom. The Hall–Kier alpha value is -1.85. The largest absolute Gasteiger partial charge is 0.468 e. The molecule has 2 bridgehead atoms. The van der Waals surface area contributed by atoms with Gasteiger partial charge < -0.3 is 18.9 Å². The highest BCUT2D eigenvalue weighted by Gasteiger charge is 2.70. The van der Waals surface area contributed by atoms with Crippen molar-refractivity contribution in [2.24, 2.45) is 23.7 Å². The number of rotatable bonds is 4. The van der Waals surface area contributed by atoms with Crippen LogP contribution in [-0.4, -0.2) is 50.0 Å². The number of ether oxygens (including phenoxy) is 4. The molecule has 0 aromatic rings. The second-order valence-corrected chi connectivity index (χ2v) is 9.13. The van der Waals surface area contributed by atoms with Crippen molar-refractivity contribution < 1.29 is 51.5 Å². The Balaban J connectivity index is 1.85. The van der Waals surface area contributed by atoms with Crippen LogP contribution >= 0.6 is 0 Å². The lowest BCUT2D eigenvalue weighted by atomic mass is 9.58. The van der Waals surface area contributed by atoms with Gasteiger partial charge in [-0.1, -0.05) is 6.92 Å². The number of carbonyl (C=O) groups is 2. The van der Waals surface area contributed by atoms with Gasteiger partial charge in [-0.15, -0.1) is 0 Å². The third-order valence-corrected chi connectivity index (χ3v) is 7.31. The standard InChI is InChI=1S/C21H27F3O8/c1-10-5-6-14-11(9-12(16(25)27-3)17(26)28-4)15(21(22,23)24)29-18-20(14)13(10)7-8-19(2,30-18)31-32-20/h10,12-14,18H,5-9H2,1-4H3/t10-,13+,14+,18-,19+,20-/m1/s1. The van der Waals surface area contributed by atoms with Crippen LogP contribution in [0.5, 0.6) is 0 Å². The minimum atomic E-state index is -4.87. The van der Waals surface area contributed by atoms with Gasteiger partial charge in [-0.3, -0.25) is 9.59 Å². The average molecular weight is 464 g/mol. The molecule has 1 saturated carbocycles. The molecular weight excluding hydrogens is 437 g/mol. The molecule has 4 fully saturated rings. The Morgan fingerprint density at radius 2 is 1.78 bits per heavy atom. The minimum absolute atomic E-state index is 0.121. The van der Waals surface area contributed by atoms with Crippen molar-refractivity contribution in [3.05, 3.63) is 11.3 Å². The monoisotopic (exact) mass is 464 g/mol. The molecule has 0 N–H and O–H groups in total. The highest BCUT2D eigenvalue weighted by Crippen LogP contribution is 2.62. The minimum Gasteiger partial charge on any atom is -0.468 e. The van der Waals surface area contributed by atoms with Gasteiger partial charge in [0.1, 0.15) is 0 Å². The first-order valence-corrected chi connectivity index (χ1v) is 10.6. The van der Waals surface area contributed by atoms with Crippen LogP contribution in [-0.2, 0) is 38.3 Å². The zero-order valence-electron chi connectivity index (χ0n) is 18.3. The van der Waals surface area contributed by atoms with E-state index in [1.807, 2.05) is 6.92 Å². The van der Waals surface area contributed by atoms with Crippen LogP contribution in [0.4, 0.5) is 13.2 Å². The highest BCUT2D eigenvalue weighted by molar-refractivity contribution is 5.95. The van der Waals surface area contributed by atoms with Gasteiger partial charge in [-0.2, -0.15) is 13.2 Å². The smallest absolute Gasteiger partial charge is 0.448 e. The molecule has 5 aliphatic rings. The lowest BCUT2D eigenvalue weighted by molar-refractivity contribution is -0.557. The predicted molar refractivity (Wildman–Crippen MR) is 99.1 cm³/mol. The van der Waals surface area contributed by atoms with Crippen LogP contribution in [0.2, 0.25) is 0 Å². The van der Waals surface area contributed by atoms with E-state index in [9.17, 15) is 22.8 Å². The van der Waals surface area contributed by atoms with E-state index < -0.39 is 59.8 Å². The maximum Gasteiger partial charge on any atom is 0.448 e. The molecule has 32 heavy (non-hydrogen) atoms. The van der Waals surface area contributed by atoms with Gasteiger partial charge in [0, 0.05) is 18.3 Å². The summed E-state index contributed by atoms with van der Waals surface area (Å²) in [5.74, 6) is -6.96. The summed E-state index contributed by atoms with van der Waals surface area (Å²) in [5, 5.41) is 0. The second kappa shape index (κ2) is 7.88. The molecule has 180 valence electrons. The van der Waals surface area contributed by atoms with E-state index in [-0.39, 0.29) is 17.4 Å². The van der Waals surface area contributed by atoms with E-state index in [0.717, 1.165) is 14.2 Å². The number of hydrogen-bond acceptors (Lipinski definition) is 8. The van der Waals surface area contributed by atoms with E-state index in [4.69, 9.17) is 19.2 Å². The Kier molecular flexibility index (Phi) is 5.74. The number of alkyl halides is 3. The molecule has 0 aromatic carbocycles. The number of methoxy groups -OCH3 is 2. The van der Waals surface area contributed by atoms with E-state index in [1.54, 1.807) is 6.92 Å². The normalized spacial score (nSPS) is 38.6. The third kappa shape index (κ3) is 3.49. The average Bonchev–Trinajstić information content (AvgIpc) is 2.97. The van der Waals surface area contributed by atoms with Crippen LogP contribution in [0.1, 0.15) is 46.0 Å². The van der Waals surface area contributed by atoms with E-state index in [2.05, 4.69) is 9.47 Å². The van der Waals surface area contributed by atoms with Crippen molar-refractivity contribution in [3.8, 4) is 0 Å². The summed E-state index contributed by atoms with van der Waals surface area (Å²) in [4.78, 5) is 36.0.